The summed E-state index contributed by atoms with van der Waals surface area (Å²) in [5, 5.41) is 11.0. The molecule has 1 aliphatic heterocycles. The average Bonchev–Trinajstić information content (AvgIpc) is 2.93. The molecule has 1 unspecified atom stereocenters. The molecule has 5 heteroatoms. The van der Waals surface area contributed by atoms with Crippen molar-refractivity contribution in [2.75, 3.05) is 6.54 Å². The van der Waals surface area contributed by atoms with E-state index in [0.717, 1.165) is 17.5 Å². The topological polar surface area (TPSA) is 66.8 Å². The number of ketones is 1. The third-order valence-corrected chi connectivity index (χ3v) is 4.86. The second-order valence-electron chi connectivity index (χ2n) is 7.60. The molecule has 5 nitrogen and oxygen atoms in total. The number of aliphatic hydroxyl groups is 1. The van der Waals surface area contributed by atoms with Gasteiger partial charge < -0.3 is 14.7 Å². The van der Waals surface area contributed by atoms with Crippen LogP contribution in [0.25, 0.3) is 5.76 Å². The van der Waals surface area contributed by atoms with Crippen molar-refractivity contribution in [3.63, 3.8) is 0 Å². The Balaban J connectivity index is 2.09. The lowest BCUT2D eigenvalue weighted by Crippen LogP contribution is -2.30. The normalized spacial score (nSPS) is 18.5. The number of carbonyl (C=O) groups excluding carboxylic acids is 2. The van der Waals surface area contributed by atoms with E-state index >= 15 is 0 Å². The smallest absolute Gasteiger partial charge is 0.295 e. The van der Waals surface area contributed by atoms with Crippen molar-refractivity contribution >= 4 is 17.4 Å². The predicted octanol–water partition coefficient (Wildman–Crippen LogP) is 4.61. The number of nitrogens with zero attached hydrogens (tertiary/aromatic N) is 1. The molecule has 1 heterocycles. The molecule has 3 rings (SSSR count). The van der Waals surface area contributed by atoms with Crippen LogP contribution in [0.2, 0.25) is 0 Å². The molecular formula is C24H27NO4. The molecule has 1 N–H and O–H groups in total. The third-order valence-electron chi connectivity index (χ3n) is 4.86. The number of Topliss-reactive ketones (excluding diaryl/α,β-unsaturated/α-hetero) is 1. The summed E-state index contributed by atoms with van der Waals surface area (Å²) in [7, 11) is 0. The molecule has 0 radical (unpaired) electrons. The van der Waals surface area contributed by atoms with Crippen LogP contribution in [0.1, 0.15) is 49.9 Å². The zero-order chi connectivity index (χ0) is 21.1. The Hall–Kier alpha value is -3.08. The number of benzene rings is 2. The number of rotatable bonds is 6. The predicted molar refractivity (Wildman–Crippen MR) is 113 cm³/mol. The zero-order valence-corrected chi connectivity index (χ0v) is 17.3. The summed E-state index contributed by atoms with van der Waals surface area (Å²) in [5.74, 6) is -0.701. The maximum atomic E-state index is 12.9. The van der Waals surface area contributed by atoms with Gasteiger partial charge in [0.25, 0.3) is 11.7 Å². The highest BCUT2D eigenvalue weighted by molar-refractivity contribution is 6.46. The molecule has 1 atom stereocenters. The van der Waals surface area contributed by atoms with E-state index in [1.54, 1.807) is 29.2 Å². The van der Waals surface area contributed by atoms with Crippen LogP contribution >= 0.6 is 0 Å². The Kier molecular flexibility index (Phi) is 6.06. The molecule has 0 saturated carbocycles. The average molecular weight is 393 g/mol. The van der Waals surface area contributed by atoms with E-state index in [2.05, 4.69) is 0 Å². The third kappa shape index (κ3) is 4.19. The van der Waals surface area contributed by atoms with Crippen LogP contribution in [0.15, 0.2) is 54.1 Å². The number of hydrogen-bond acceptors (Lipinski definition) is 4. The van der Waals surface area contributed by atoms with Gasteiger partial charge in [-0.3, -0.25) is 9.59 Å². The lowest BCUT2D eigenvalue weighted by atomic mass is 9.94. The number of aryl methyl sites for hydroxylation is 1. The largest absolute Gasteiger partial charge is 0.507 e. The summed E-state index contributed by atoms with van der Waals surface area (Å²) >= 11 is 0. The van der Waals surface area contributed by atoms with E-state index in [1.807, 2.05) is 52.0 Å². The molecule has 1 saturated heterocycles. The van der Waals surface area contributed by atoms with Crippen molar-refractivity contribution in [1.29, 1.82) is 0 Å². The quantitative estimate of drug-likeness (QED) is 0.442. The molecule has 1 amide bonds. The molecule has 0 aromatic heterocycles. The van der Waals surface area contributed by atoms with Gasteiger partial charge in [-0.15, -0.1) is 0 Å². The van der Waals surface area contributed by atoms with Crippen molar-refractivity contribution < 1.29 is 19.4 Å². The SMILES string of the molecule is CCCN1C(=O)C(=O)/C(=C(\O)c2ccc(OC(C)C)cc2)C1c1cccc(C)c1. The monoisotopic (exact) mass is 393 g/mol. The van der Waals surface area contributed by atoms with Gasteiger partial charge >= 0.3 is 0 Å². The van der Waals surface area contributed by atoms with Gasteiger partial charge in [-0.05, 0) is 57.0 Å². The molecule has 29 heavy (non-hydrogen) atoms. The van der Waals surface area contributed by atoms with Crippen LogP contribution < -0.4 is 4.74 Å². The first-order chi connectivity index (χ1) is 13.8. The van der Waals surface area contributed by atoms with Gasteiger partial charge in [-0.2, -0.15) is 0 Å². The molecular weight excluding hydrogens is 366 g/mol. The Morgan fingerprint density at radius 3 is 2.41 bits per heavy atom. The van der Waals surface area contributed by atoms with Gasteiger partial charge in [-0.1, -0.05) is 36.8 Å². The summed E-state index contributed by atoms with van der Waals surface area (Å²) in [4.78, 5) is 27.1. The standard InChI is InChI=1S/C24H27NO4/c1-5-13-25-21(18-8-6-7-16(4)14-18)20(23(27)24(25)28)22(26)17-9-11-19(12-10-17)29-15(2)3/h6-12,14-15,21,26H,5,13H2,1-4H3/b22-20-. The summed E-state index contributed by atoms with van der Waals surface area (Å²) in [5.41, 5.74) is 2.46. The fourth-order valence-corrected chi connectivity index (χ4v) is 3.66. The van der Waals surface area contributed by atoms with Gasteiger partial charge in [0.15, 0.2) is 0 Å². The summed E-state index contributed by atoms with van der Waals surface area (Å²) in [6.45, 7) is 8.24. The molecule has 1 aliphatic rings. The summed E-state index contributed by atoms with van der Waals surface area (Å²) in [6, 6.07) is 14.0. The van der Waals surface area contributed by atoms with Crippen LogP contribution in [0, 0.1) is 6.92 Å². The molecule has 0 spiro atoms. The maximum Gasteiger partial charge on any atom is 0.295 e. The van der Waals surface area contributed by atoms with E-state index < -0.39 is 17.7 Å². The first kappa shape index (κ1) is 20.6. The number of aliphatic hydroxyl groups excluding tert-OH is 1. The minimum Gasteiger partial charge on any atom is -0.507 e. The first-order valence-electron chi connectivity index (χ1n) is 9.95. The van der Waals surface area contributed by atoms with E-state index in [4.69, 9.17) is 4.74 Å². The highest BCUT2D eigenvalue weighted by Crippen LogP contribution is 2.39. The molecule has 1 fully saturated rings. The van der Waals surface area contributed by atoms with E-state index in [-0.39, 0.29) is 17.4 Å². The summed E-state index contributed by atoms with van der Waals surface area (Å²) in [6.07, 6.45) is 0.756. The van der Waals surface area contributed by atoms with Gasteiger partial charge in [0.05, 0.1) is 17.7 Å². The van der Waals surface area contributed by atoms with Gasteiger partial charge in [0, 0.05) is 12.1 Å². The molecule has 2 aromatic carbocycles. The number of carbonyl (C=O) groups is 2. The van der Waals surface area contributed by atoms with Gasteiger partial charge in [-0.25, -0.2) is 0 Å². The van der Waals surface area contributed by atoms with Crippen LogP contribution in [-0.4, -0.2) is 34.3 Å². The maximum absolute atomic E-state index is 12.9. The molecule has 2 aromatic rings. The highest BCUT2D eigenvalue weighted by Gasteiger charge is 2.45. The van der Waals surface area contributed by atoms with E-state index in [9.17, 15) is 14.7 Å². The lowest BCUT2D eigenvalue weighted by molar-refractivity contribution is -0.139. The van der Waals surface area contributed by atoms with E-state index in [1.165, 1.54) is 0 Å². The van der Waals surface area contributed by atoms with Gasteiger partial charge in [0.1, 0.15) is 11.5 Å². The van der Waals surface area contributed by atoms with Crippen LogP contribution in [-0.2, 0) is 9.59 Å². The number of ether oxygens (including phenoxy) is 1. The van der Waals surface area contributed by atoms with Crippen molar-refractivity contribution in [2.24, 2.45) is 0 Å². The molecule has 152 valence electrons. The zero-order valence-electron chi connectivity index (χ0n) is 17.3. The second kappa shape index (κ2) is 8.52. The Bertz CT molecular complexity index is 944. The van der Waals surface area contributed by atoms with Crippen LogP contribution in [0.4, 0.5) is 0 Å². The fourth-order valence-electron chi connectivity index (χ4n) is 3.66. The number of hydrogen-bond donors (Lipinski definition) is 1. The summed E-state index contributed by atoms with van der Waals surface area (Å²) < 4.78 is 5.64. The van der Waals surface area contributed by atoms with Crippen LogP contribution in [0.5, 0.6) is 5.75 Å². The Morgan fingerprint density at radius 1 is 1.14 bits per heavy atom. The Morgan fingerprint density at radius 2 is 1.83 bits per heavy atom. The van der Waals surface area contributed by atoms with Crippen molar-refractivity contribution in [2.45, 2.75) is 46.3 Å². The van der Waals surface area contributed by atoms with E-state index in [0.29, 0.717) is 17.9 Å². The minimum absolute atomic E-state index is 0.0372. The van der Waals surface area contributed by atoms with Crippen molar-refractivity contribution in [3.05, 3.63) is 70.8 Å². The molecule has 0 bridgehead atoms. The minimum atomic E-state index is -0.648. The number of amides is 1. The van der Waals surface area contributed by atoms with Gasteiger partial charge in [0.2, 0.25) is 0 Å². The Labute approximate surface area is 171 Å². The fraction of sp³-hybridized carbons (Fsp3) is 0.333. The number of likely N-dealkylation sites (tertiary alicyclic amines) is 1. The second-order valence-corrected chi connectivity index (χ2v) is 7.60. The molecule has 0 aliphatic carbocycles. The van der Waals surface area contributed by atoms with Crippen molar-refractivity contribution in [1.82, 2.24) is 4.90 Å². The first-order valence-corrected chi connectivity index (χ1v) is 9.95. The highest BCUT2D eigenvalue weighted by atomic mass is 16.5. The lowest BCUT2D eigenvalue weighted by Gasteiger charge is -2.25. The van der Waals surface area contributed by atoms with Crippen molar-refractivity contribution in [3.8, 4) is 5.75 Å². The van der Waals surface area contributed by atoms with Crippen LogP contribution in [0.3, 0.4) is 0 Å².